The second-order valence-corrected chi connectivity index (χ2v) is 8.74. The first-order chi connectivity index (χ1) is 13.8. The zero-order valence-electron chi connectivity index (χ0n) is 16.8. The number of nitroso groups, excluding NO2 is 1. The highest BCUT2D eigenvalue weighted by molar-refractivity contribution is 7.99. The van der Waals surface area contributed by atoms with Crippen LogP contribution in [0.3, 0.4) is 0 Å². The van der Waals surface area contributed by atoms with Gasteiger partial charge in [0.1, 0.15) is 5.69 Å². The molecule has 2 aromatic carbocycles. The van der Waals surface area contributed by atoms with E-state index in [-0.39, 0.29) is 16.6 Å². The zero-order chi connectivity index (χ0) is 21.7. The Morgan fingerprint density at radius 3 is 2.38 bits per heavy atom. The minimum absolute atomic E-state index is 0.0238. The van der Waals surface area contributed by atoms with Crippen LogP contribution in [0.15, 0.2) is 63.5 Å². The van der Waals surface area contributed by atoms with E-state index in [1.54, 1.807) is 26.0 Å². The first-order valence-electron chi connectivity index (χ1n) is 8.85. The Morgan fingerprint density at radius 1 is 1.17 bits per heavy atom. The molecule has 2 rings (SSSR count). The standard InChI is InChI=1S/C17H22N4O3S2.C2H6O/c1-19-10-9-13(12-25-14-5-3-2-4-6-14)20-16-8-7-15(26(18,23)24)11-17(16)21-22;1-3-2/h2-8,11,13,19-20H,9-10,12H2,1H3,(H2,18,23,24);1-2H3. The second kappa shape index (κ2) is 13.3. The predicted molar refractivity (Wildman–Crippen MR) is 119 cm³/mol. The predicted octanol–water partition coefficient (Wildman–Crippen LogP) is 3.18. The molecule has 0 spiro atoms. The van der Waals surface area contributed by atoms with E-state index >= 15 is 0 Å². The number of sulfonamides is 1. The number of nitrogens with one attached hydrogen (secondary N) is 2. The van der Waals surface area contributed by atoms with Crippen LogP contribution in [-0.4, -0.2) is 48.0 Å². The molecule has 0 saturated carbocycles. The van der Waals surface area contributed by atoms with Gasteiger partial charge in [-0.25, -0.2) is 13.6 Å². The maximum Gasteiger partial charge on any atom is 0.238 e. The first kappa shape index (κ1) is 25.1. The van der Waals surface area contributed by atoms with Gasteiger partial charge in [-0.2, -0.15) is 0 Å². The van der Waals surface area contributed by atoms with Gasteiger partial charge in [0.05, 0.1) is 10.6 Å². The normalized spacial score (nSPS) is 11.9. The average molecular weight is 441 g/mol. The largest absolute Gasteiger partial charge is 0.388 e. The molecule has 0 heterocycles. The fraction of sp³-hybridized carbons (Fsp3) is 0.368. The third-order valence-electron chi connectivity index (χ3n) is 3.69. The average Bonchev–Trinajstić information content (AvgIpc) is 2.70. The summed E-state index contributed by atoms with van der Waals surface area (Å²) in [6.07, 6.45) is 0.825. The Bertz CT molecular complexity index is 849. The highest BCUT2D eigenvalue weighted by Crippen LogP contribution is 2.29. The second-order valence-electron chi connectivity index (χ2n) is 6.08. The van der Waals surface area contributed by atoms with Crippen molar-refractivity contribution in [3.63, 3.8) is 0 Å². The topological polar surface area (TPSA) is 123 Å². The fourth-order valence-corrected chi connectivity index (χ4v) is 3.86. The lowest BCUT2D eigenvalue weighted by Crippen LogP contribution is -2.27. The van der Waals surface area contributed by atoms with Crippen molar-refractivity contribution in [3.8, 4) is 0 Å². The van der Waals surface area contributed by atoms with Crippen LogP contribution in [-0.2, 0) is 14.8 Å². The Morgan fingerprint density at radius 2 is 1.83 bits per heavy atom. The number of anilines is 1. The third kappa shape index (κ3) is 9.37. The van der Waals surface area contributed by atoms with Crippen molar-refractivity contribution in [2.45, 2.75) is 22.3 Å². The highest BCUT2D eigenvalue weighted by Gasteiger charge is 2.15. The molecule has 160 valence electrons. The number of rotatable bonds is 10. The summed E-state index contributed by atoms with van der Waals surface area (Å²) < 4.78 is 27.1. The number of nitrogens with zero attached hydrogens (tertiary/aromatic N) is 1. The van der Waals surface area contributed by atoms with E-state index in [9.17, 15) is 13.3 Å². The van der Waals surface area contributed by atoms with Crippen molar-refractivity contribution in [1.29, 1.82) is 0 Å². The lowest BCUT2D eigenvalue weighted by atomic mass is 10.2. The monoisotopic (exact) mass is 440 g/mol. The molecule has 2 aromatic rings. The maximum absolute atomic E-state index is 11.4. The molecular weight excluding hydrogens is 412 g/mol. The van der Waals surface area contributed by atoms with E-state index in [0.717, 1.165) is 23.6 Å². The van der Waals surface area contributed by atoms with Crippen LogP contribution in [0.1, 0.15) is 6.42 Å². The number of primary sulfonamides is 1. The van der Waals surface area contributed by atoms with E-state index < -0.39 is 10.0 Å². The van der Waals surface area contributed by atoms with Crippen molar-refractivity contribution in [1.82, 2.24) is 5.32 Å². The summed E-state index contributed by atoms with van der Waals surface area (Å²) in [5, 5.41) is 14.4. The van der Waals surface area contributed by atoms with E-state index in [0.29, 0.717) is 5.69 Å². The molecule has 0 bridgehead atoms. The van der Waals surface area contributed by atoms with Crippen molar-refractivity contribution in [2.24, 2.45) is 10.3 Å². The van der Waals surface area contributed by atoms with Gasteiger partial charge in [0.25, 0.3) is 0 Å². The van der Waals surface area contributed by atoms with Gasteiger partial charge in [-0.05, 0) is 55.5 Å². The summed E-state index contributed by atoms with van der Waals surface area (Å²) in [4.78, 5) is 12.2. The molecule has 29 heavy (non-hydrogen) atoms. The van der Waals surface area contributed by atoms with Crippen LogP contribution in [0.4, 0.5) is 11.4 Å². The number of hydrogen-bond donors (Lipinski definition) is 3. The molecule has 10 heteroatoms. The van der Waals surface area contributed by atoms with E-state index in [1.165, 1.54) is 18.2 Å². The molecule has 0 radical (unpaired) electrons. The lowest BCUT2D eigenvalue weighted by molar-refractivity contribution is 0.277. The SMILES string of the molecule is CNCCC(CSc1ccccc1)Nc1ccc(S(N)(=O)=O)cc1N=O.COC. The highest BCUT2D eigenvalue weighted by atomic mass is 32.2. The van der Waals surface area contributed by atoms with Crippen molar-refractivity contribution >= 4 is 33.2 Å². The van der Waals surface area contributed by atoms with Crippen LogP contribution in [0.2, 0.25) is 0 Å². The number of ether oxygens (including phenoxy) is 1. The molecule has 0 aliphatic rings. The van der Waals surface area contributed by atoms with E-state index in [4.69, 9.17) is 5.14 Å². The van der Waals surface area contributed by atoms with Gasteiger partial charge >= 0.3 is 0 Å². The fourth-order valence-electron chi connectivity index (χ4n) is 2.34. The number of nitrogens with two attached hydrogens (primary N) is 1. The van der Waals surface area contributed by atoms with Crippen molar-refractivity contribution in [2.75, 3.05) is 38.9 Å². The summed E-state index contributed by atoms with van der Waals surface area (Å²) in [7, 11) is 1.24. The molecule has 0 aliphatic heterocycles. The van der Waals surface area contributed by atoms with Gasteiger partial charge in [0.15, 0.2) is 0 Å². The first-order valence-corrected chi connectivity index (χ1v) is 11.4. The minimum atomic E-state index is -3.88. The van der Waals surface area contributed by atoms with Gasteiger partial charge in [-0.1, -0.05) is 18.2 Å². The Labute approximate surface area is 176 Å². The van der Waals surface area contributed by atoms with Crippen LogP contribution in [0, 0.1) is 4.91 Å². The number of benzene rings is 2. The smallest absolute Gasteiger partial charge is 0.238 e. The zero-order valence-corrected chi connectivity index (χ0v) is 18.4. The molecule has 0 saturated heterocycles. The Hall–Kier alpha value is -1.98. The molecule has 0 amide bonds. The number of methoxy groups -OCH3 is 1. The summed E-state index contributed by atoms with van der Waals surface area (Å²) in [5.74, 6) is 0.779. The van der Waals surface area contributed by atoms with Crippen molar-refractivity contribution < 1.29 is 13.2 Å². The summed E-state index contributed by atoms with van der Waals surface area (Å²) in [6, 6.07) is 14.2. The lowest BCUT2D eigenvalue weighted by Gasteiger charge is -2.20. The van der Waals surface area contributed by atoms with Crippen molar-refractivity contribution in [3.05, 3.63) is 53.4 Å². The molecule has 8 nitrogen and oxygen atoms in total. The molecule has 4 N–H and O–H groups in total. The van der Waals surface area contributed by atoms with Gasteiger partial charge in [0.2, 0.25) is 10.0 Å². The molecule has 0 fully saturated rings. The van der Waals surface area contributed by atoms with Crippen LogP contribution in [0.5, 0.6) is 0 Å². The van der Waals surface area contributed by atoms with Gasteiger partial charge < -0.3 is 15.4 Å². The maximum atomic E-state index is 11.4. The van der Waals surface area contributed by atoms with Crippen LogP contribution in [0.25, 0.3) is 0 Å². The van der Waals surface area contributed by atoms with E-state index in [2.05, 4.69) is 20.5 Å². The van der Waals surface area contributed by atoms with E-state index in [1.807, 2.05) is 37.4 Å². The minimum Gasteiger partial charge on any atom is -0.388 e. The van der Waals surface area contributed by atoms with Crippen LogP contribution >= 0.6 is 11.8 Å². The molecular formula is C19H28N4O4S2. The molecule has 0 aliphatic carbocycles. The van der Waals surface area contributed by atoms with Gasteiger partial charge in [0, 0.05) is 30.9 Å². The van der Waals surface area contributed by atoms with Crippen LogP contribution < -0.4 is 15.8 Å². The number of thioether (sulfide) groups is 1. The Balaban J connectivity index is 0.00000132. The molecule has 1 atom stereocenters. The summed E-state index contributed by atoms with van der Waals surface area (Å²) in [5.41, 5.74) is 0.512. The summed E-state index contributed by atoms with van der Waals surface area (Å²) in [6.45, 7) is 0.798. The van der Waals surface area contributed by atoms with Gasteiger partial charge in [-0.3, -0.25) is 0 Å². The van der Waals surface area contributed by atoms with Gasteiger partial charge in [-0.15, -0.1) is 16.7 Å². The molecule has 0 aromatic heterocycles. The number of hydrogen-bond acceptors (Lipinski definition) is 8. The quantitative estimate of drug-likeness (QED) is 0.383. The summed E-state index contributed by atoms with van der Waals surface area (Å²) >= 11 is 1.70. The Kier molecular flexibility index (Phi) is 11.5. The molecule has 1 unspecified atom stereocenters. The third-order valence-corrected chi connectivity index (χ3v) is 5.78.